The van der Waals surface area contributed by atoms with E-state index in [4.69, 9.17) is 4.99 Å². The third-order valence-electron chi connectivity index (χ3n) is 5.37. The summed E-state index contributed by atoms with van der Waals surface area (Å²) in [4.78, 5) is 18.7. The summed E-state index contributed by atoms with van der Waals surface area (Å²) in [5.74, 6) is 0.820. The molecule has 0 bridgehead atoms. The molecule has 1 saturated heterocycles. The predicted octanol–water partition coefficient (Wildman–Crippen LogP) is 4.07. The molecule has 1 amide bonds. The number of hydrogen-bond acceptors (Lipinski definition) is 2. The van der Waals surface area contributed by atoms with Crippen LogP contribution >= 0.6 is 24.0 Å². The number of carbonyl (C=O) groups is 1. The molecular formula is C22H36FIN4O. The van der Waals surface area contributed by atoms with Gasteiger partial charge in [-0.2, -0.15) is 0 Å². The van der Waals surface area contributed by atoms with E-state index in [-0.39, 0.29) is 47.2 Å². The van der Waals surface area contributed by atoms with Crippen LogP contribution in [-0.2, 0) is 10.2 Å². The van der Waals surface area contributed by atoms with Crippen LogP contribution in [0, 0.1) is 5.82 Å². The Morgan fingerprint density at radius 3 is 2.66 bits per heavy atom. The predicted molar refractivity (Wildman–Crippen MR) is 128 cm³/mol. The maximum Gasteiger partial charge on any atom is 0.222 e. The van der Waals surface area contributed by atoms with Gasteiger partial charge in [-0.15, -0.1) is 24.0 Å². The summed E-state index contributed by atoms with van der Waals surface area (Å²) in [6.45, 7) is 11.3. The number of aliphatic imine (C=N–C) groups is 1. The van der Waals surface area contributed by atoms with Crippen molar-refractivity contribution in [3.63, 3.8) is 0 Å². The first-order valence-electron chi connectivity index (χ1n) is 10.4. The van der Waals surface area contributed by atoms with Gasteiger partial charge in [0, 0.05) is 37.5 Å². The normalized spacial score (nSPS) is 15.8. The van der Waals surface area contributed by atoms with E-state index in [1.807, 2.05) is 17.9 Å². The van der Waals surface area contributed by atoms with E-state index in [9.17, 15) is 9.18 Å². The molecule has 5 nitrogen and oxygen atoms in total. The summed E-state index contributed by atoms with van der Waals surface area (Å²) < 4.78 is 13.6. The van der Waals surface area contributed by atoms with E-state index < -0.39 is 0 Å². The third-order valence-corrected chi connectivity index (χ3v) is 5.37. The Balaban J connectivity index is 0.00000420. The van der Waals surface area contributed by atoms with Gasteiger partial charge in [-0.05, 0) is 43.9 Å². The van der Waals surface area contributed by atoms with Crippen LogP contribution in [-0.4, -0.2) is 49.0 Å². The van der Waals surface area contributed by atoms with Crippen molar-refractivity contribution >= 4 is 35.8 Å². The molecule has 1 fully saturated rings. The average Bonchev–Trinajstić information content (AvgIpc) is 3.09. The maximum absolute atomic E-state index is 13.6. The fourth-order valence-corrected chi connectivity index (χ4v) is 3.61. The van der Waals surface area contributed by atoms with Gasteiger partial charge in [0.1, 0.15) is 5.82 Å². The lowest BCUT2D eigenvalue weighted by Gasteiger charge is -2.27. The molecule has 29 heavy (non-hydrogen) atoms. The molecule has 2 rings (SSSR count). The fourth-order valence-electron chi connectivity index (χ4n) is 3.61. The van der Waals surface area contributed by atoms with Crippen LogP contribution < -0.4 is 10.6 Å². The minimum Gasteiger partial charge on any atom is -0.357 e. The van der Waals surface area contributed by atoms with Crippen LogP contribution in [0.4, 0.5) is 4.39 Å². The Morgan fingerprint density at radius 1 is 1.31 bits per heavy atom. The molecule has 7 heteroatoms. The van der Waals surface area contributed by atoms with E-state index in [2.05, 4.69) is 31.4 Å². The Labute approximate surface area is 191 Å². The van der Waals surface area contributed by atoms with Crippen LogP contribution in [0.15, 0.2) is 29.3 Å². The van der Waals surface area contributed by atoms with E-state index in [1.54, 1.807) is 12.1 Å². The van der Waals surface area contributed by atoms with Crippen molar-refractivity contribution in [3.8, 4) is 0 Å². The number of rotatable bonds is 9. The minimum atomic E-state index is -0.266. The first-order chi connectivity index (χ1) is 13.4. The van der Waals surface area contributed by atoms with Gasteiger partial charge in [-0.1, -0.05) is 32.9 Å². The highest BCUT2D eigenvalue weighted by molar-refractivity contribution is 14.0. The van der Waals surface area contributed by atoms with E-state index in [0.29, 0.717) is 13.0 Å². The zero-order valence-corrected chi connectivity index (χ0v) is 20.5. The number of halogens is 2. The van der Waals surface area contributed by atoms with E-state index >= 15 is 0 Å². The standard InChI is InChI=1S/C22H35FN4O.HI/c1-5-19(27-14-8-11-20(27)28)12-13-25-21(24-6-2)26-16-22(3,4)17-9-7-10-18(23)15-17;/h7,9-10,15,19H,5-6,8,11-14,16H2,1-4H3,(H2,24,25,26);1H. The van der Waals surface area contributed by atoms with Crippen LogP contribution in [0.5, 0.6) is 0 Å². The lowest BCUT2D eigenvalue weighted by Crippen LogP contribution is -2.42. The van der Waals surface area contributed by atoms with Gasteiger partial charge in [0.05, 0.1) is 6.54 Å². The highest BCUT2D eigenvalue weighted by Crippen LogP contribution is 2.24. The van der Waals surface area contributed by atoms with Crippen LogP contribution in [0.1, 0.15) is 58.9 Å². The molecule has 164 valence electrons. The van der Waals surface area contributed by atoms with Gasteiger partial charge in [-0.3, -0.25) is 9.79 Å². The number of amides is 1. The smallest absolute Gasteiger partial charge is 0.222 e. The first-order valence-corrected chi connectivity index (χ1v) is 10.4. The van der Waals surface area contributed by atoms with Crippen molar-refractivity contribution in [1.29, 1.82) is 0 Å². The third kappa shape index (κ3) is 7.75. The lowest BCUT2D eigenvalue weighted by atomic mass is 9.85. The highest BCUT2D eigenvalue weighted by atomic mass is 127. The molecule has 1 atom stereocenters. The lowest BCUT2D eigenvalue weighted by molar-refractivity contribution is -0.129. The second kappa shape index (κ2) is 12.3. The van der Waals surface area contributed by atoms with Crippen molar-refractivity contribution in [2.45, 2.75) is 64.8 Å². The highest BCUT2D eigenvalue weighted by Gasteiger charge is 2.26. The van der Waals surface area contributed by atoms with Gasteiger partial charge in [0.2, 0.25) is 5.91 Å². The average molecular weight is 518 g/mol. The Kier molecular flexibility index (Phi) is 10.9. The Bertz CT molecular complexity index is 681. The summed E-state index contributed by atoms with van der Waals surface area (Å²) in [6.07, 6.45) is 3.53. The summed E-state index contributed by atoms with van der Waals surface area (Å²) in [5.41, 5.74) is 0.670. The van der Waals surface area contributed by atoms with Crippen molar-refractivity contribution in [2.75, 3.05) is 26.2 Å². The molecule has 1 aliphatic rings. The largest absolute Gasteiger partial charge is 0.357 e. The topological polar surface area (TPSA) is 56.7 Å². The molecule has 1 unspecified atom stereocenters. The summed E-state index contributed by atoms with van der Waals surface area (Å²) in [6, 6.07) is 7.01. The molecule has 1 aliphatic heterocycles. The molecular weight excluding hydrogens is 482 g/mol. The van der Waals surface area contributed by atoms with Gasteiger partial charge >= 0.3 is 0 Å². The molecule has 1 aromatic carbocycles. The maximum atomic E-state index is 13.6. The summed E-state index contributed by atoms with van der Waals surface area (Å²) in [5, 5.41) is 6.66. The Hall–Kier alpha value is -1.38. The molecule has 1 heterocycles. The molecule has 0 aliphatic carbocycles. The zero-order chi connectivity index (χ0) is 20.6. The molecule has 2 N–H and O–H groups in total. The second-order valence-electron chi connectivity index (χ2n) is 8.06. The first kappa shape index (κ1) is 25.7. The van der Waals surface area contributed by atoms with E-state index in [0.717, 1.165) is 50.4 Å². The molecule has 0 saturated carbocycles. The molecule has 0 spiro atoms. The van der Waals surface area contributed by atoms with Crippen LogP contribution in [0.2, 0.25) is 0 Å². The minimum absolute atomic E-state index is 0. The molecule has 0 aromatic heterocycles. The number of carbonyl (C=O) groups excluding carboxylic acids is 1. The van der Waals surface area contributed by atoms with Gasteiger partial charge < -0.3 is 15.5 Å². The van der Waals surface area contributed by atoms with Crippen molar-refractivity contribution < 1.29 is 9.18 Å². The number of hydrogen-bond donors (Lipinski definition) is 2. The summed E-state index contributed by atoms with van der Waals surface area (Å²) >= 11 is 0. The number of likely N-dealkylation sites (tertiary alicyclic amines) is 1. The quantitative estimate of drug-likeness (QED) is 0.295. The molecule has 1 aromatic rings. The van der Waals surface area contributed by atoms with Gasteiger partial charge in [-0.25, -0.2) is 4.39 Å². The summed E-state index contributed by atoms with van der Waals surface area (Å²) in [7, 11) is 0. The monoisotopic (exact) mass is 518 g/mol. The van der Waals surface area contributed by atoms with Crippen molar-refractivity contribution in [2.24, 2.45) is 4.99 Å². The molecule has 0 radical (unpaired) electrons. The van der Waals surface area contributed by atoms with Gasteiger partial charge in [0.15, 0.2) is 5.96 Å². The fraction of sp³-hybridized carbons (Fsp3) is 0.636. The van der Waals surface area contributed by atoms with Crippen molar-refractivity contribution in [3.05, 3.63) is 35.6 Å². The van der Waals surface area contributed by atoms with Gasteiger partial charge in [0.25, 0.3) is 0 Å². The Morgan fingerprint density at radius 2 is 2.07 bits per heavy atom. The zero-order valence-electron chi connectivity index (χ0n) is 18.1. The van der Waals surface area contributed by atoms with E-state index in [1.165, 1.54) is 6.07 Å². The number of nitrogens with one attached hydrogen (secondary N) is 2. The second-order valence-corrected chi connectivity index (χ2v) is 8.06. The number of nitrogens with zero attached hydrogens (tertiary/aromatic N) is 2. The van der Waals surface area contributed by atoms with Crippen LogP contribution in [0.25, 0.3) is 0 Å². The SMILES string of the molecule is CCNC(=NCC(C)(C)c1cccc(F)c1)NCCC(CC)N1CCCC1=O.I. The number of benzene rings is 1. The van der Waals surface area contributed by atoms with Crippen LogP contribution in [0.3, 0.4) is 0 Å². The number of guanidine groups is 1. The van der Waals surface area contributed by atoms with Crippen molar-refractivity contribution in [1.82, 2.24) is 15.5 Å².